The second-order valence-electron chi connectivity index (χ2n) is 5.10. The summed E-state index contributed by atoms with van der Waals surface area (Å²) in [5.74, 6) is 0.510. The van der Waals surface area contributed by atoms with Gasteiger partial charge in [0.2, 0.25) is 0 Å². The van der Waals surface area contributed by atoms with Gasteiger partial charge in [-0.1, -0.05) is 0 Å². The molecule has 20 heavy (non-hydrogen) atoms. The lowest BCUT2D eigenvalue weighted by atomic mass is 10.0. The van der Waals surface area contributed by atoms with E-state index >= 15 is 0 Å². The van der Waals surface area contributed by atoms with Gasteiger partial charge < -0.3 is 14.5 Å². The fraction of sp³-hybridized carbons (Fsp3) is 0.429. The van der Waals surface area contributed by atoms with Crippen LogP contribution in [0.2, 0.25) is 0 Å². The quantitative estimate of drug-likeness (QED) is 0.941. The first-order valence-corrected chi connectivity index (χ1v) is 7.46. The van der Waals surface area contributed by atoms with E-state index in [4.69, 9.17) is 9.15 Å². The maximum absolute atomic E-state index is 12.1. The van der Waals surface area contributed by atoms with Gasteiger partial charge in [0.1, 0.15) is 5.69 Å². The molecule has 0 radical (unpaired) electrons. The van der Waals surface area contributed by atoms with E-state index in [1.165, 1.54) is 11.3 Å². The van der Waals surface area contributed by atoms with Crippen LogP contribution in [0, 0.1) is 0 Å². The third-order valence-corrected chi connectivity index (χ3v) is 4.25. The Hall–Kier alpha value is -1.66. The molecule has 0 aromatic carbocycles. The zero-order chi connectivity index (χ0) is 14.0. The Kier molecular flexibility index (Phi) is 3.58. The molecule has 1 N–H and O–H groups in total. The Morgan fingerprint density at radius 3 is 3.20 bits per heavy atom. The number of nitrogens with one attached hydrogen (secondary N) is 1. The second-order valence-corrected chi connectivity index (χ2v) is 5.96. The van der Waals surface area contributed by atoms with Crippen LogP contribution in [0.1, 0.15) is 30.3 Å². The van der Waals surface area contributed by atoms with Gasteiger partial charge in [0.15, 0.2) is 10.8 Å². The monoisotopic (exact) mass is 292 g/mol. The van der Waals surface area contributed by atoms with Crippen molar-refractivity contribution >= 4 is 17.2 Å². The van der Waals surface area contributed by atoms with Crippen molar-refractivity contribution in [2.45, 2.75) is 25.4 Å². The normalized spacial score (nSPS) is 22.1. The minimum Gasteiger partial charge on any atom is -0.462 e. The predicted octanol–water partition coefficient (Wildman–Crippen LogP) is 2.70. The lowest BCUT2D eigenvalue weighted by molar-refractivity contribution is 0.0205. The van der Waals surface area contributed by atoms with Crippen molar-refractivity contribution < 1.29 is 13.9 Å². The van der Waals surface area contributed by atoms with Crippen LogP contribution in [-0.4, -0.2) is 29.6 Å². The van der Waals surface area contributed by atoms with Gasteiger partial charge in [-0.05, 0) is 31.9 Å². The van der Waals surface area contributed by atoms with E-state index < -0.39 is 0 Å². The standard InChI is InChI=1S/C14H16N2O3S/c1-14(5-3-7-19-14)9-15-12(17)10-8-20-13(16-10)11-4-2-6-18-11/h2,4,6,8H,3,5,7,9H2,1H3,(H,15,17). The molecule has 0 saturated carbocycles. The average Bonchev–Trinajstić information content (AvgIpc) is 3.16. The maximum Gasteiger partial charge on any atom is 0.270 e. The molecule has 1 unspecified atom stereocenters. The van der Waals surface area contributed by atoms with E-state index in [9.17, 15) is 4.79 Å². The van der Waals surface area contributed by atoms with Crippen LogP contribution in [0.3, 0.4) is 0 Å². The molecule has 1 aliphatic heterocycles. The predicted molar refractivity (Wildman–Crippen MR) is 75.7 cm³/mol. The van der Waals surface area contributed by atoms with E-state index in [1.54, 1.807) is 17.7 Å². The summed E-state index contributed by atoms with van der Waals surface area (Å²) < 4.78 is 10.9. The zero-order valence-electron chi connectivity index (χ0n) is 11.2. The summed E-state index contributed by atoms with van der Waals surface area (Å²) >= 11 is 1.40. The number of hydrogen-bond acceptors (Lipinski definition) is 5. The molecule has 6 heteroatoms. The Morgan fingerprint density at radius 1 is 1.60 bits per heavy atom. The largest absolute Gasteiger partial charge is 0.462 e. The number of rotatable bonds is 4. The lowest BCUT2D eigenvalue weighted by Crippen LogP contribution is -2.40. The molecule has 1 amide bonds. The van der Waals surface area contributed by atoms with Gasteiger partial charge in [0.05, 0.1) is 11.9 Å². The number of carbonyl (C=O) groups excluding carboxylic acids is 1. The molecule has 0 spiro atoms. The van der Waals surface area contributed by atoms with Gasteiger partial charge >= 0.3 is 0 Å². The minimum absolute atomic E-state index is 0.171. The van der Waals surface area contributed by atoms with E-state index in [1.807, 2.05) is 13.0 Å². The number of nitrogens with zero attached hydrogens (tertiary/aromatic N) is 1. The molecule has 2 aromatic rings. The highest BCUT2D eigenvalue weighted by Gasteiger charge is 2.30. The molecule has 2 aromatic heterocycles. The topological polar surface area (TPSA) is 64.4 Å². The molecule has 5 nitrogen and oxygen atoms in total. The first-order chi connectivity index (χ1) is 9.66. The number of amides is 1. The average molecular weight is 292 g/mol. The summed E-state index contributed by atoms with van der Waals surface area (Å²) in [4.78, 5) is 16.4. The van der Waals surface area contributed by atoms with Gasteiger partial charge in [-0.25, -0.2) is 4.98 Å². The van der Waals surface area contributed by atoms with Crippen LogP contribution < -0.4 is 5.32 Å². The maximum atomic E-state index is 12.1. The highest BCUT2D eigenvalue weighted by atomic mass is 32.1. The molecular weight excluding hydrogens is 276 g/mol. The third-order valence-electron chi connectivity index (χ3n) is 3.39. The smallest absolute Gasteiger partial charge is 0.270 e. The molecule has 3 rings (SSSR count). The van der Waals surface area contributed by atoms with Crippen LogP contribution >= 0.6 is 11.3 Å². The molecule has 3 heterocycles. The molecule has 1 aliphatic rings. The van der Waals surface area contributed by atoms with Crippen molar-refractivity contribution in [3.8, 4) is 10.8 Å². The Balaban J connectivity index is 1.63. The third kappa shape index (κ3) is 2.76. The van der Waals surface area contributed by atoms with Crippen LogP contribution in [-0.2, 0) is 4.74 Å². The first-order valence-electron chi connectivity index (χ1n) is 6.58. The number of thiazole rings is 1. The summed E-state index contributed by atoms with van der Waals surface area (Å²) in [6, 6.07) is 3.63. The molecule has 106 valence electrons. The number of aromatic nitrogens is 1. The van der Waals surface area contributed by atoms with Crippen molar-refractivity contribution in [2.24, 2.45) is 0 Å². The lowest BCUT2D eigenvalue weighted by Gasteiger charge is -2.22. The molecule has 1 saturated heterocycles. The van der Waals surface area contributed by atoms with Gasteiger partial charge in [-0.15, -0.1) is 11.3 Å². The van der Waals surface area contributed by atoms with E-state index in [-0.39, 0.29) is 11.5 Å². The van der Waals surface area contributed by atoms with E-state index in [2.05, 4.69) is 10.3 Å². The highest BCUT2D eigenvalue weighted by Crippen LogP contribution is 2.25. The molecular formula is C14H16N2O3S. The summed E-state index contributed by atoms with van der Waals surface area (Å²) in [7, 11) is 0. The van der Waals surface area contributed by atoms with Gasteiger partial charge in [0.25, 0.3) is 5.91 Å². The van der Waals surface area contributed by atoms with Gasteiger partial charge in [-0.3, -0.25) is 4.79 Å². The fourth-order valence-corrected chi connectivity index (χ4v) is 2.99. The molecule has 0 aliphatic carbocycles. The van der Waals surface area contributed by atoms with Crippen LogP contribution in [0.15, 0.2) is 28.2 Å². The summed E-state index contributed by atoms with van der Waals surface area (Å²) in [6.45, 7) is 3.31. The van der Waals surface area contributed by atoms with Crippen LogP contribution in [0.4, 0.5) is 0 Å². The van der Waals surface area contributed by atoms with Crippen molar-refractivity contribution in [3.63, 3.8) is 0 Å². The highest BCUT2D eigenvalue weighted by molar-refractivity contribution is 7.13. The number of carbonyl (C=O) groups is 1. The number of hydrogen-bond donors (Lipinski definition) is 1. The Morgan fingerprint density at radius 2 is 2.50 bits per heavy atom. The Labute approximate surface area is 121 Å². The summed E-state index contributed by atoms with van der Waals surface area (Å²) in [5.41, 5.74) is 0.179. The van der Waals surface area contributed by atoms with Crippen molar-refractivity contribution in [1.29, 1.82) is 0 Å². The SMILES string of the molecule is CC1(CNC(=O)c2csc(-c3ccco3)n2)CCCO1. The Bertz CT molecular complexity index is 585. The molecule has 1 atom stereocenters. The van der Waals surface area contributed by atoms with E-state index in [0.717, 1.165) is 19.4 Å². The zero-order valence-corrected chi connectivity index (χ0v) is 12.0. The second kappa shape index (κ2) is 5.38. The van der Waals surface area contributed by atoms with E-state index in [0.29, 0.717) is 23.0 Å². The van der Waals surface area contributed by atoms with Gasteiger partial charge in [0, 0.05) is 18.5 Å². The van der Waals surface area contributed by atoms with Crippen molar-refractivity contribution in [2.75, 3.05) is 13.2 Å². The molecule has 1 fully saturated rings. The first kappa shape index (κ1) is 13.3. The van der Waals surface area contributed by atoms with Crippen LogP contribution in [0.5, 0.6) is 0 Å². The summed E-state index contributed by atoms with van der Waals surface area (Å²) in [6.07, 6.45) is 3.61. The van der Waals surface area contributed by atoms with Gasteiger partial charge in [-0.2, -0.15) is 0 Å². The fourth-order valence-electron chi connectivity index (χ4n) is 2.23. The summed E-state index contributed by atoms with van der Waals surface area (Å²) in [5, 5.41) is 5.34. The number of ether oxygens (including phenoxy) is 1. The van der Waals surface area contributed by atoms with Crippen molar-refractivity contribution in [1.82, 2.24) is 10.3 Å². The number of furan rings is 1. The minimum atomic E-state index is -0.241. The van der Waals surface area contributed by atoms with Crippen molar-refractivity contribution in [3.05, 3.63) is 29.5 Å². The van der Waals surface area contributed by atoms with Crippen LogP contribution in [0.25, 0.3) is 10.8 Å². The molecule has 0 bridgehead atoms.